The number of rotatable bonds is 6. The van der Waals surface area contributed by atoms with E-state index in [4.69, 9.17) is 40.2 Å². The molecule has 2 aliphatic rings. The number of nitrogens with one attached hydrogen (secondary N) is 1. The van der Waals surface area contributed by atoms with Crippen LogP contribution in [0, 0.1) is 5.82 Å². The van der Waals surface area contributed by atoms with Crippen LogP contribution in [0.5, 0.6) is 0 Å². The molecule has 0 bridgehead atoms. The average molecular weight is 493 g/mol. The van der Waals surface area contributed by atoms with Gasteiger partial charge in [0.25, 0.3) is 5.91 Å². The van der Waals surface area contributed by atoms with Crippen LogP contribution in [0.4, 0.5) is 4.39 Å². The molecule has 0 saturated carbocycles. The molecule has 0 aliphatic carbocycles. The van der Waals surface area contributed by atoms with Gasteiger partial charge in [0.1, 0.15) is 29.5 Å². The van der Waals surface area contributed by atoms with E-state index in [-0.39, 0.29) is 39.5 Å². The van der Waals surface area contributed by atoms with Gasteiger partial charge in [-0.2, -0.15) is 0 Å². The summed E-state index contributed by atoms with van der Waals surface area (Å²) in [6.07, 6.45) is 0.0861. The fourth-order valence-electron chi connectivity index (χ4n) is 3.08. The Morgan fingerprint density at radius 1 is 1.40 bits per heavy atom. The van der Waals surface area contributed by atoms with Crippen LogP contribution in [-0.4, -0.2) is 56.6 Å². The lowest BCUT2D eigenvalue weighted by Gasteiger charge is -2.49. The Morgan fingerprint density at radius 3 is 2.73 bits per heavy atom. The average Bonchev–Trinajstić information content (AvgIpc) is 2.67. The fourth-order valence-corrected chi connectivity index (χ4v) is 5.14. The number of carboxylic acid groups (broad SMARTS) is 1. The molecule has 2 atom stereocenters. The number of halogens is 3. The summed E-state index contributed by atoms with van der Waals surface area (Å²) < 4.78 is 18.6. The zero-order valence-corrected chi connectivity index (χ0v) is 18.6. The van der Waals surface area contributed by atoms with Crippen LogP contribution in [0.25, 0.3) is 0 Å². The Morgan fingerprint density at radius 2 is 2.10 bits per heavy atom. The number of benzene rings is 1. The van der Waals surface area contributed by atoms with Crippen molar-refractivity contribution in [3.63, 3.8) is 0 Å². The number of thiocarbonyl (C=S) groups is 1. The zero-order chi connectivity index (χ0) is 22.2. The van der Waals surface area contributed by atoms with Crippen LogP contribution in [0.1, 0.15) is 12.5 Å². The van der Waals surface area contributed by atoms with Gasteiger partial charge in [-0.1, -0.05) is 35.4 Å². The number of fused-ring (bicyclic) bond motifs is 1. The molecule has 2 aliphatic heterocycles. The van der Waals surface area contributed by atoms with E-state index < -0.39 is 35.1 Å². The van der Waals surface area contributed by atoms with Gasteiger partial charge < -0.3 is 15.2 Å². The Labute approximate surface area is 190 Å². The standard InChI is InChI=1S/C18H15Cl2FN2O5S2/c1-7(24)28-5-9-6-30-17-14(16(25)23(17)15(9)18(26)27)22-13(29)3-8-2-12(21)11(20)4-10(8)19/h2,4,14,17H,3,5-6H2,1H3,(H,22,29)(H,26,27)/t14-,17-/m1/s1. The van der Waals surface area contributed by atoms with Gasteiger partial charge in [0.05, 0.1) is 10.0 Å². The summed E-state index contributed by atoms with van der Waals surface area (Å²) in [5, 5.41) is 12.1. The van der Waals surface area contributed by atoms with Gasteiger partial charge in [-0.25, -0.2) is 9.18 Å². The van der Waals surface area contributed by atoms with E-state index in [9.17, 15) is 23.9 Å². The van der Waals surface area contributed by atoms with Crippen molar-refractivity contribution in [2.75, 3.05) is 12.4 Å². The quantitative estimate of drug-likeness (QED) is 0.271. The highest BCUT2D eigenvalue weighted by molar-refractivity contribution is 8.00. The maximum atomic E-state index is 13.7. The molecule has 0 radical (unpaired) electrons. The summed E-state index contributed by atoms with van der Waals surface area (Å²) in [5.41, 5.74) is 0.569. The highest BCUT2D eigenvalue weighted by Crippen LogP contribution is 2.40. The molecule has 30 heavy (non-hydrogen) atoms. The molecule has 0 unspecified atom stereocenters. The largest absolute Gasteiger partial charge is 0.477 e. The summed E-state index contributed by atoms with van der Waals surface area (Å²) in [6.45, 7) is 1.02. The second kappa shape index (κ2) is 9.09. The van der Waals surface area contributed by atoms with E-state index in [1.807, 2.05) is 0 Å². The van der Waals surface area contributed by atoms with E-state index in [2.05, 4.69) is 5.32 Å². The van der Waals surface area contributed by atoms with E-state index in [1.165, 1.54) is 30.8 Å². The number of ether oxygens (including phenoxy) is 1. The predicted molar refractivity (Wildman–Crippen MR) is 114 cm³/mol. The Kier molecular flexibility index (Phi) is 6.91. The van der Waals surface area contributed by atoms with Crippen molar-refractivity contribution in [1.82, 2.24) is 10.2 Å². The summed E-state index contributed by atoms with van der Waals surface area (Å²) in [4.78, 5) is 36.8. The van der Waals surface area contributed by atoms with E-state index in [0.29, 0.717) is 11.1 Å². The first-order chi connectivity index (χ1) is 14.1. The third-order valence-electron chi connectivity index (χ3n) is 4.46. The number of carbonyl (C=O) groups is 3. The van der Waals surface area contributed by atoms with Crippen molar-refractivity contribution in [2.45, 2.75) is 24.8 Å². The number of hydrogen-bond acceptors (Lipinski definition) is 6. The van der Waals surface area contributed by atoms with Crippen molar-refractivity contribution >= 4 is 70.0 Å². The maximum absolute atomic E-state index is 13.7. The second-order valence-electron chi connectivity index (χ2n) is 6.53. The smallest absolute Gasteiger partial charge is 0.352 e. The van der Waals surface area contributed by atoms with Crippen molar-refractivity contribution < 1.29 is 28.6 Å². The molecule has 0 aromatic heterocycles. The van der Waals surface area contributed by atoms with Crippen molar-refractivity contribution in [1.29, 1.82) is 0 Å². The minimum Gasteiger partial charge on any atom is -0.477 e. The number of aliphatic carboxylic acids is 1. The third kappa shape index (κ3) is 4.56. The number of β-lactam (4-membered cyclic amide) rings is 1. The first-order valence-corrected chi connectivity index (χ1v) is 10.8. The lowest BCUT2D eigenvalue weighted by atomic mass is 10.0. The number of amides is 1. The van der Waals surface area contributed by atoms with E-state index in [0.717, 1.165) is 4.90 Å². The minimum absolute atomic E-state index is 0.0861. The topological polar surface area (TPSA) is 95.9 Å². The third-order valence-corrected chi connectivity index (χ3v) is 6.70. The lowest BCUT2D eigenvalue weighted by molar-refractivity contribution is -0.148. The molecule has 1 aromatic rings. The first kappa shape index (κ1) is 22.8. The van der Waals surface area contributed by atoms with Crippen LogP contribution in [0.15, 0.2) is 23.4 Å². The number of carboxylic acids is 1. The first-order valence-electron chi connectivity index (χ1n) is 8.56. The second-order valence-corrected chi connectivity index (χ2v) is 8.94. The highest BCUT2D eigenvalue weighted by Gasteiger charge is 2.53. The molecule has 0 spiro atoms. The minimum atomic E-state index is -1.28. The summed E-state index contributed by atoms with van der Waals surface area (Å²) in [5.74, 6) is -2.65. The van der Waals surface area contributed by atoms with Gasteiger partial charge in [0.15, 0.2) is 0 Å². The number of nitrogens with zero attached hydrogens (tertiary/aromatic N) is 1. The predicted octanol–water partition coefficient (Wildman–Crippen LogP) is 2.78. The summed E-state index contributed by atoms with van der Waals surface area (Å²) >= 11 is 18.4. The molecule has 2 N–H and O–H groups in total. The molecule has 1 saturated heterocycles. The van der Waals surface area contributed by atoms with Crippen LogP contribution in [-0.2, 0) is 25.5 Å². The Bertz CT molecular complexity index is 988. The fraction of sp³-hybridized carbons (Fsp3) is 0.333. The van der Waals surface area contributed by atoms with Gasteiger partial charge in [0, 0.05) is 29.7 Å². The van der Waals surface area contributed by atoms with Gasteiger partial charge >= 0.3 is 11.9 Å². The van der Waals surface area contributed by atoms with Crippen molar-refractivity contribution in [2.24, 2.45) is 0 Å². The highest BCUT2D eigenvalue weighted by atomic mass is 35.5. The Balaban J connectivity index is 1.70. The number of hydrogen-bond donors (Lipinski definition) is 2. The zero-order valence-electron chi connectivity index (χ0n) is 15.4. The monoisotopic (exact) mass is 492 g/mol. The molecule has 12 heteroatoms. The molecule has 160 valence electrons. The van der Waals surface area contributed by atoms with Gasteiger partial charge in [-0.15, -0.1) is 11.8 Å². The SMILES string of the molecule is CC(=O)OCC1=C(C(=O)O)N2C(=O)[C@@H](NC(=S)Cc3cc(F)c(Cl)cc3Cl)[C@H]2SC1. The molecule has 1 amide bonds. The van der Waals surface area contributed by atoms with Gasteiger partial charge in [-0.3, -0.25) is 14.5 Å². The normalized spacial score (nSPS) is 20.4. The summed E-state index contributed by atoms with van der Waals surface area (Å²) in [7, 11) is 0. The summed E-state index contributed by atoms with van der Waals surface area (Å²) in [6, 6.07) is 1.72. The maximum Gasteiger partial charge on any atom is 0.352 e. The van der Waals surface area contributed by atoms with Crippen LogP contribution < -0.4 is 5.32 Å². The molecule has 1 fully saturated rings. The van der Waals surface area contributed by atoms with Crippen LogP contribution in [0.3, 0.4) is 0 Å². The lowest BCUT2D eigenvalue weighted by Crippen LogP contribution is -2.70. The Hall–Kier alpha value is -1.88. The molecule has 7 nitrogen and oxygen atoms in total. The number of esters is 1. The van der Waals surface area contributed by atoms with E-state index >= 15 is 0 Å². The molecule has 2 heterocycles. The number of carbonyl (C=O) groups excluding carboxylic acids is 2. The van der Waals surface area contributed by atoms with Crippen molar-refractivity contribution in [3.05, 3.63) is 44.8 Å². The molecule has 1 aromatic carbocycles. The molecule has 3 rings (SSSR count). The van der Waals surface area contributed by atoms with Crippen LogP contribution in [0.2, 0.25) is 10.0 Å². The molecular weight excluding hydrogens is 478 g/mol. The van der Waals surface area contributed by atoms with E-state index in [1.54, 1.807) is 0 Å². The van der Waals surface area contributed by atoms with Crippen molar-refractivity contribution in [3.8, 4) is 0 Å². The van der Waals surface area contributed by atoms with Crippen LogP contribution >= 0.6 is 47.2 Å². The van der Waals surface area contributed by atoms with Gasteiger partial charge in [-0.05, 0) is 17.7 Å². The van der Waals surface area contributed by atoms with Gasteiger partial charge in [0.2, 0.25) is 0 Å². The molecular formula is C18H15Cl2FN2O5S2. The number of thioether (sulfide) groups is 1.